The number of sulfonamides is 1. The molecule has 0 radical (unpaired) electrons. The topological polar surface area (TPSA) is 121 Å². The van der Waals surface area contributed by atoms with Gasteiger partial charge in [-0.3, -0.25) is 0 Å². The van der Waals surface area contributed by atoms with Crippen molar-refractivity contribution in [2.75, 3.05) is 7.11 Å². The van der Waals surface area contributed by atoms with Gasteiger partial charge in [-0.2, -0.15) is 0 Å². The Hall–Kier alpha value is -2.17. The Labute approximate surface area is 187 Å². The largest absolute Gasteiger partial charge is 0.497 e. The summed E-state index contributed by atoms with van der Waals surface area (Å²) in [7, 11) is -2.27. The molecule has 1 heterocycles. The van der Waals surface area contributed by atoms with E-state index in [9.17, 15) is 13.2 Å². The summed E-state index contributed by atoms with van der Waals surface area (Å²) in [5, 5.41) is 0.954. The van der Waals surface area contributed by atoms with Crippen molar-refractivity contribution in [3.05, 3.63) is 29.4 Å². The number of ether oxygens (including phenoxy) is 2. The van der Waals surface area contributed by atoms with Gasteiger partial charge in [0, 0.05) is 29.3 Å². The van der Waals surface area contributed by atoms with Crippen LogP contribution in [0.5, 0.6) is 5.75 Å². The fourth-order valence-corrected chi connectivity index (χ4v) is 6.55. The van der Waals surface area contributed by atoms with Gasteiger partial charge in [-0.25, -0.2) is 22.9 Å². The second-order valence-electron chi connectivity index (χ2n) is 8.69. The lowest BCUT2D eigenvalue weighted by Crippen LogP contribution is -2.40. The fourth-order valence-electron chi connectivity index (χ4n) is 3.71. The van der Waals surface area contributed by atoms with Crippen LogP contribution < -0.4 is 15.2 Å². The van der Waals surface area contributed by atoms with Crippen LogP contribution in [0.1, 0.15) is 57.4 Å². The van der Waals surface area contributed by atoms with Gasteiger partial charge in [0.25, 0.3) is 0 Å². The third-order valence-electron chi connectivity index (χ3n) is 5.01. The van der Waals surface area contributed by atoms with E-state index in [2.05, 4.69) is 9.71 Å². The highest BCUT2D eigenvalue weighted by molar-refractivity contribution is 7.89. The molecule has 2 aromatic rings. The highest BCUT2D eigenvalue weighted by Crippen LogP contribution is 2.40. The normalized spacial score (nSPS) is 19.7. The summed E-state index contributed by atoms with van der Waals surface area (Å²) < 4.78 is 39.3. The van der Waals surface area contributed by atoms with Crippen LogP contribution in [-0.4, -0.2) is 38.2 Å². The van der Waals surface area contributed by atoms with Crippen molar-refractivity contribution < 1.29 is 22.7 Å². The van der Waals surface area contributed by atoms with Crippen LogP contribution in [0.2, 0.25) is 0 Å². The van der Waals surface area contributed by atoms with Crippen LogP contribution in [0.25, 0.3) is 10.4 Å². The molecule has 1 aromatic heterocycles. The highest BCUT2D eigenvalue weighted by atomic mass is 32.2. The number of methoxy groups -OCH3 is 1. The summed E-state index contributed by atoms with van der Waals surface area (Å²) in [5.74, 6) is 0.716. The molecule has 1 aliphatic carbocycles. The molecule has 1 amide bonds. The monoisotopic (exact) mass is 467 g/mol. The number of carbonyl (C=O) groups is 1. The summed E-state index contributed by atoms with van der Waals surface area (Å²) in [6.07, 6.45) is 3.99. The van der Waals surface area contributed by atoms with Gasteiger partial charge in [0.15, 0.2) is 0 Å². The van der Waals surface area contributed by atoms with E-state index in [1.54, 1.807) is 39.1 Å². The lowest BCUT2D eigenvalue weighted by atomic mass is 9.88. The molecule has 1 aromatic carbocycles. The lowest BCUT2D eigenvalue weighted by Gasteiger charge is -2.26. The third kappa shape index (κ3) is 5.96. The molecule has 0 spiro atoms. The van der Waals surface area contributed by atoms with Gasteiger partial charge in [-0.15, -0.1) is 11.3 Å². The average Bonchev–Trinajstić information content (AvgIpc) is 3.16. The van der Waals surface area contributed by atoms with Gasteiger partial charge in [0.1, 0.15) is 11.9 Å². The molecule has 8 nitrogen and oxygen atoms in total. The number of aromatic nitrogens is 1. The van der Waals surface area contributed by atoms with Gasteiger partial charge in [0.2, 0.25) is 10.0 Å². The van der Waals surface area contributed by atoms with Crippen molar-refractivity contribution in [3.63, 3.8) is 0 Å². The summed E-state index contributed by atoms with van der Waals surface area (Å²) in [6, 6.07) is 5.04. The minimum Gasteiger partial charge on any atom is -0.497 e. The molecule has 0 aliphatic heterocycles. The lowest BCUT2D eigenvalue weighted by molar-refractivity contribution is 0.0787. The Morgan fingerprint density at radius 1 is 1.23 bits per heavy atom. The average molecular weight is 468 g/mol. The van der Waals surface area contributed by atoms with Crippen molar-refractivity contribution in [2.24, 2.45) is 5.73 Å². The number of rotatable bonds is 6. The van der Waals surface area contributed by atoms with Crippen LogP contribution in [0.15, 0.2) is 29.3 Å². The number of carbonyl (C=O) groups excluding carboxylic acids is 1. The molecule has 3 N–H and O–H groups in total. The molecule has 10 heteroatoms. The van der Waals surface area contributed by atoms with Crippen LogP contribution >= 0.6 is 11.3 Å². The first-order valence-electron chi connectivity index (χ1n) is 10.1. The third-order valence-corrected chi connectivity index (χ3v) is 8.01. The number of nitrogens with one attached hydrogen (secondary N) is 1. The van der Waals surface area contributed by atoms with E-state index in [4.69, 9.17) is 15.2 Å². The quantitative estimate of drug-likeness (QED) is 0.662. The number of hydrogen-bond acceptors (Lipinski definition) is 7. The van der Waals surface area contributed by atoms with E-state index in [0.717, 1.165) is 35.6 Å². The molecule has 170 valence electrons. The maximum absolute atomic E-state index is 13.1. The molecule has 0 saturated heterocycles. The molecule has 0 atom stereocenters. The van der Waals surface area contributed by atoms with Crippen LogP contribution in [0.3, 0.4) is 0 Å². The number of nitrogens with two attached hydrogens (primary N) is 1. The zero-order valence-corrected chi connectivity index (χ0v) is 19.8. The minimum absolute atomic E-state index is 0.144. The van der Waals surface area contributed by atoms with Crippen molar-refractivity contribution in [1.29, 1.82) is 0 Å². The Kier molecular flexibility index (Phi) is 6.92. The molecule has 1 fully saturated rings. The molecular weight excluding hydrogens is 438 g/mol. The number of amides is 1. The Morgan fingerprint density at radius 2 is 1.90 bits per heavy atom. The fraction of sp³-hybridized carbons (Fsp3) is 0.524. The second-order valence-corrected chi connectivity index (χ2v) is 11.4. The Bertz CT molecular complexity index is 1040. The van der Waals surface area contributed by atoms with E-state index in [1.807, 2.05) is 0 Å². The zero-order chi connectivity index (χ0) is 22.8. The Morgan fingerprint density at radius 3 is 2.48 bits per heavy atom. The van der Waals surface area contributed by atoms with Crippen LogP contribution in [-0.2, 0) is 14.8 Å². The number of thiazole rings is 1. The first-order chi connectivity index (χ1) is 14.5. The molecule has 0 bridgehead atoms. The molecule has 31 heavy (non-hydrogen) atoms. The van der Waals surface area contributed by atoms with Crippen molar-refractivity contribution >= 4 is 27.5 Å². The molecule has 3 rings (SSSR count). The minimum atomic E-state index is -3.78. The predicted molar refractivity (Wildman–Crippen MR) is 120 cm³/mol. The number of nitrogens with zero attached hydrogens (tertiary/aromatic N) is 1. The first kappa shape index (κ1) is 23.5. The second kappa shape index (κ2) is 9.13. The van der Waals surface area contributed by atoms with E-state index in [-0.39, 0.29) is 16.9 Å². The summed E-state index contributed by atoms with van der Waals surface area (Å²) in [6.45, 7) is 5.40. The summed E-state index contributed by atoms with van der Waals surface area (Å²) in [4.78, 5) is 16.5. The standard InChI is InChI=1S/C21H29N3O5S2/c1-21(2,3)24-31(26,27)18-11-15(28-4)9-10-16(18)17-12-23-19(30-17)13-5-7-14(8-6-13)29-20(22)25/h9-14,24H,5-8H2,1-4H3,(H2,22,25). The molecular formula is C21H29N3O5S2. The highest BCUT2D eigenvalue weighted by Gasteiger charge is 2.29. The maximum Gasteiger partial charge on any atom is 0.404 e. The smallest absolute Gasteiger partial charge is 0.404 e. The predicted octanol–water partition coefficient (Wildman–Crippen LogP) is 4.02. The number of primary amides is 1. The van der Waals surface area contributed by atoms with Gasteiger partial charge in [-0.1, -0.05) is 0 Å². The van der Waals surface area contributed by atoms with Gasteiger partial charge in [-0.05, 0) is 58.6 Å². The SMILES string of the molecule is COc1ccc(-c2cnc(C3CCC(OC(N)=O)CC3)s2)c(S(=O)(=O)NC(C)(C)C)c1. The molecule has 1 aliphatic rings. The van der Waals surface area contributed by atoms with Crippen LogP contribution in [0, 0.1) is 0 Å². The molecule has 0 unspecified atom stereocenters. The Balaban J connectivity index is 1.88. The summed E-state index contributed by atoms with van der Waals surface area (Å²) in [5.41, 5.74) is 5.08. The first-order valence-corrected chi connectivity index (χ1v) is 12.4. The van der Waals surface area contributed by atoms with E-state index >= 15 is 0 Å². The van der Waals surface area contributed by atoms with E-state index in [1.165, 1.54) is 24.5 Å². The van der Waals surface area contributed by atoms with Crippen LogP contribution in [0.4, 0.5) is 4.79 Å². The number of benzene rings is 1. The van der Waals surface area contributed by atoms with Gasteiger partial charge >= 0.3 is 6.09 Å². The van der Waals surface area contributed by atoms with Gasteiger partial charge < -0.3 is 15.2 Å². The number of hydrogen-bond donors (Lipinski definition) is 2. The summed E-state index contributed by atoms with van der Waals surface area (Å²) >= 11 is 1.49. The molecule has 1 saturated carbocycles. The van der Waals surface area contributed by atoms with Crippen molar-refractivity contribution in [2.45, 2.75) is 68.9 Å². The van der Waals surface area contributed by atoms with Gasteiger partial charge in [0.05, 0.1) is 21.9 Å². The van der Waals surface area contributed by atoms with Crippen molar-refractivity contribution in [3.8, 4) is 16.2 Å². The zero-order valence-electron chi connectivity index (χ0n) is 18.2. The van der Waals surface area contributed by atoms with E-state index in [0.29, 0.717) is 11.3 Å². The van der Waals surface area contributed by atoms with Crippen molar-refractivity contribution in [1.82, 2.24) is 9.71 Å². The maximum atomic E-state index is 13.1. The van der Waals surface area contributed by atoms with E-state index < -0.39 is 21.7 Å².